The van der Waals surface area contributed by atoms with Gasteiger partial charge in [0.25, 0.3) is 0 Å². The SMILES string of the molecule is CN=C(NCc1ccc(C)cc1N(C)C)NCC1CC(=O)N(CCc2ccccc2)C1. The van der Waals surface area contributed by atoms with E-state index in [4.69, 9.17) is 0 Å². The molecule has 1 heterocycles. The quantitative estimate of drug-likeness (QED) is 0.508. The number of nitrogens with zero attached hydrogens (tertiary/aromatic N) is 3. The molecule has 166 valence electrons. The number of rotatable bonds is 8. The van der Waals surface area contributed by atoms with Gasteiger partial charge in [-0.15, -0.1) is 0 Å². The molecule has 6 heteroatoms. The minimum atomic E-state index is 0.251. The van der Waals surface area contributed by atoms with Crippen molar-refractivity contribution in [3.05, 3.63) is 65.2 Å². The molecule has 0 saturated carbocycles. The second-order valence-electron chi connectivity index (χ2n) is 8.48. The number of likely N-dealkylation sites (tertiary alicyclic amines) is 1. The van der Waals surface area contributed by atoms with Gasteiger partial charge in [0.2, 0.25) is 5.91 Å². The Morgan fingerprint density at radius 3 is 2.65 bits per heavy atom. The monoisotopic (exact) mass is 421 g/mol. The lowest BCUT2D eigenvalue weighted by atomic mass is 10.1. The van der Waals surface area contributed by atoms with Gasteiger partial charge in [0.05, 0.1) is 0 Å². The van der Waals surface area contributed by atoms with Gasteiger partial charge in [-0.2, -0.15) is 0 Å². The lowest BCUT2D eigenvalue weighted by Gasteiger charge is -2.20. The van der Waals surface area contributed by atoms with Crippen molar-refractivity contribution in [3.8, 4) is 0 Å². The Kier molecular flexibility index (Phi) is 7.93. The molecular weight excluding hydrogens is 386 g/mol. The Hall–Kier alpha value is -3.02. The smallest absolute Gasteiger partial charge is 0.223 e. The first-order valence-corrected chi connectivity index (χ1v) is 11.0. The summed E-state index contributed by atoms with van der Waals surface area (Å²) in [6.07, 6.45) is 1.50. The van der Waals surface area contributed by atoms with Crippen molar-refractivity contribution in [3.63, 3.8) is 0 Å². The fourth-order valence-corrected chi connectivity index (χ4v) is 4.00. The number of carbonyl (C=O) groups excluding carboxylic acids is 1. The Labute approximate surface area is 186 Å². The molecule has 2 aromatic carbocycles. The third kappa shape index (κ3) is 6.48. The van der Waals surface area contributed by atoms with Crippen LogP contribution in [-0.4, -0.2) is 57.5 Å². The molecule has 0 bridgehead atoms. The molecule has 1 aliphatic rings. The second-order valence-corrected chi connectivity index (χ2v) is 8.48. The molecule has 0 aliphatic carbocycles. The van der Waals surface area contributed by atoms with Gasteiger partial charge in [-0.05, 0) is 36.1 Å². The number of hydrogen-bond donors (Lipinski definition) is 2. The van der Waals surface area contributed by atoms with Gasteiger partial charge < -0.3 is 20.4 Å². The zero-order valence-corrected chi connectivity index (χ0v) is 19.2. The van der Waals surface area contributed by atoms with E-state index in [2.05, 4.69) is 71.9 Å². The summed E-state index contributed by atoms with van der Waals surface area (Å²) < 4.78 is 0. The van der Waals surface area contributed by atoms with E-state index in [-0.39, 0.29) is 5.91 Å². The molecule has 3 rings (SSSR count). The second kappa shape index (κ2) is 10.8. The van der Waals surface area contributed by atoms with E-state index in [9.17, 15) is 4.79 Å². The number of guanidine groups is 1. The standard InChI is InChI=1S/C25H35N5O/c1-19-10-11-22(23(14-19)29(3)4)17-28-25(26-2)27-16-21-15-24(31)30(18-21)13-12-20-8-6-5-7-9-20/h5-11,14,21H,12-13,15-18H2,1-4H3,(H2,26,27,28). The zero-order chi connectivity index (χ0) is 22.2. The van der Waals surface area contributed by atoms with Crippen molar-refractivity contribution in [2.75, 3.05) is 45.7 Å². The Morgan fingerprint density at radius 2 is 1.94 bits per heavy atom. The lowest BCUT2D eigenvalue weighted by molar-refractivity contribution is -0.127. The number of carbonyl (C=O) groups is 1. The average Bonchev–Trinajstić information content (AvgIpc) is 3.13. The highest BCUT2D eigenvalue weighted by molar-refractivity contribution is 5.81. The topological polar surface area (TPSA) is 60.0 Å². The number of anilines is 1. The molecule has 0 spiro atoms. The van der Waals surface area contributed by atoms with Crippen LogP contribution < -0.4 is 15.5 Å². The first kappa shape index (κ1) is 22.7. The molecule has 1 amide bonds. The number of hydrogen-bond acceptors (Lipinski definition) is 3. The van der Waals surface area contributed by atoms with Gasteiger partial charge in [0.1, 0.15) is 0 Å². The van der Waals surface area contributed by atoms with Gasteiger partial charge in [-0.3, -0.25) is 9.79 Å². The van der Waals surface area contributed by atoms with Crippen LogP contribution in [0.1, 0.15) is 23.1 Å². The summed E-state index contributed by atoms with van der Waals surface area (Å²) in [4.78, 5) is 20.9. The van der Waals surface area contributed by atoms with E-state index in [0.717, 1.165) is 32.0 Å². The van der Waals surface area contributed by atoms with Gasteiger partial charge in [0.15, 0.2) is 5.96 Å². The normalized spacial score (nSPS) is 16.5. The minimum absolute atomic E-state index is 0.251. The largest absolute Gasteiger partial charge is 0.377 e. The number of nitrogens with one attached hydrogen (secondary N) is 2. The molecule has 1 atom stereocenters. The number of amides is 1. The van der Waals surface area contributed by atoms with Crippen molar-refractivity contribution in [1.82, 2.24) is 15.5 Å². The maximum absolute atomic E-state index is 12.4. The van der Waals surface area contributed by atoms with Crippen molar-refractivity contribution < 1.29 is 4.79 Å². The Bertz CT molecular complexity index is 894. The first-order valence-electron chi connectivity index (χ1n) is 11.0. The van der Waals surface area contributed by atoms with E-state index in [0.29, 0.717) is 18.9 Å². The van der Waals surface area contributed by atoms with Crippen LogP contribution in [-0.2, 0) is 17.8 Å². The summed E-state index contributed by atoms with van der Waals surface area (Å²) in [6, 6.07) is 16.8. The van der Waals surface area contributed by atoms with Crippen LogP contribution in [0.4, 0.5) is 5.69 Å². The number of aryl methyl sites for hydroxylation is 1. The molecule has 1 fully saturated rings. The fraction of sp³-hybridized carbons (Fsp3) is 0.440. The first-order chi connectivity index (χ1) is 15.0. The van der Waals surface area contributed by atoms with E-state index in [1.165, 1.54) is 22.4 Å². The number of benzene rings is 2. The van der Waals surface area contributed by atoms with Crippen molar-refractivity contribution in [1.29, 1.82) is 0 Å². The van der Waals surface area contributed by atoms with Crippen LogP contribution in [0.25, 0.3) is 0 Å². The van der Waals surface area contributed by atoms with Crippen molar-refractivity contribution in [2.45, 2.75) is 26.3 Å². The van der Waals surface area contributed by atoms with E-state index < -0.39 is 0 Å². The van der Waals surface area contributed by atoms with Gasteiger partial charge >= 0.3 is 0 Å². The Balaban J connectivity index is 1.46. The van der Waals surface area contributed by atoms with E-state index >= 15 is 0 Å². The van der Waals surface area contributed by atoms with Gasteiger partial charge in [-0.1, -0.05) is 42.5 Å². The highest BCUT2D eigenvalue weighted by atomic mass is 16.2. The molecule has 1 unspecified atom stereocenters. The number of aliphatic imine (C=N–C) groups is 1. The van der Waals surface area contributed by atoms with Crippen molar-refractivity contribution in [2.24, 2.45) is 10.9 Å². The van der Waals surface area contributed by atoms with Gasteiger partial charge in [-0.25, -0.2) is 0 Å². The summed E-state index contributed by atoms with van der Waals surface area (Å²) in [6.45, 7) is 5.13. The summed E-state index contributed by atoms with van der Waals surface area (Å²) >= 11 is 0. The van der Waals surface area contributed by atoms with Crippen LogP contribution in [0.5, 0.6) is 0 Å². The van der Waals surface area contributed by atoms with Crippen LogP contribution in [0, 0.1) is 12.8 Å². The maximum atomic E-state index is 12.4. The fourth-order valence-electron chi connectivity index (χ4n) is 4.00. The highest BCUT2D eigenvalue weighted by Gasteiger charge is 2.29. The predicted octanol–water partition coefficient (Wildman–Crippen LogP) is 2.82. The molecule has 0 aromatic heterocycles. The molecule has 2 N–H and O–H groups in total. The zero-order valence-electron chi connectivity index (χ0n) is 19.2. The molecule has 6 nitrogen and oxygen atoms in total. The maximum Gasteiger partial charge on any atom is 0.223 e. The molecule has 2 aromatic rings. The van der Waals surface area contributed by atoms with Gasteiger partial charge in [0, 0.05) is 65.3 Å². The lowest BCUT2D eigenvalue weighted by Crippen LogP contribution is -2.40. The van der Waals surface area contributed by atoms with Crippen LogP contribution in [0.2, 0.25) is 0 Å². The van der Waals surface area contributed by atoms with Crippen molar-refractivity contribution >= 4 is 17.6 Å². The molecule has 1 aliphatic heterocycles. The summed E-state index contributed by atoms with van der Waals surface area (Å²) in [7, 11) is 5.90. The summed E-state index contributed by atoms with van der Waals surface area (Å²) in [5, 5.41) is 6.81. The van der Waals surface area contributed by atoms with E-state index in [1.807, 2.05) is 23.1 Å². The summed E-state index contributed by atoms with van der Waals surface area (Å²) in [5.74, 6) is 1.32. The minimum Gasteiger partial charge on any atom is -0.377 e. The summed E-state index contributed by atoms with van der Waals surface area (Å²) in [5.41, 5.74) is 4.95. The third-order valence-electron chi connectivity index (χ3n) is 5.76. The van der Waals surface area contributed by atoms with Crippen LogP contribution in [0.3, 0.4) is 0 Å². The Morgan fingerprint density at radius 1 is 1.16 bits per heavy atom. The van der Waals surface area contributed by atoms with Crippen LogP contribution >= 0.6 is 0 Å². The molecule has 31 heavy (non-hydrogen) atoms. The highest BCUT2D eigenvalue weighted by Crippen LogP contribution is 2.20. The third-order valence-corrected chi connectivity index (χ3v) is 5.76. The predicted molar refractivity (Wildman–Crippen MR) is 129 cm³/mol. The molecular formula is C25H35N5O. The molecule has 0 radical (unpaired) electrons. The van der Waals surface area contributed by atoms with Crippen LogP contribution in [0.15, 0.2) is 53.5 Å². The molecule has 1 saturated heterocycles. The average molecular weight is 422 g/mol. The van der Waals surface area contributed by atoms with E-state index in [1.54, 1.807) is 7.05 Å².